The summed E-state index contributed by atoms with van der Waals surface area (Å²) < 4.78 is 13.7. The van der Waals surface area contributed by atoms with E-state index in [1.54, 1.807) is 6.07 Å². The van der Waals surface area contributed by atoms with Crippen molar-refractivity contribution in [2.24, 2.45) is 0 Å². The van der Waals surface area contributed by atoms with Crippen molar-refractivity contribution in [3.8, 4) is 0 Å². The van der Waals surface area contributed by atoms with E-state index in [0.29, 0.717) is 0 Å². The first-order valence-electron chi connectivity index (χ1n) is 6.64. The van der Waals surface area contributed by atoms with E-state index < -0.39 is 0 Å². The third kappa shape index (κ3) is 3.88. The highest BCUT2D eigenvalue weighted by Crippen LogP contribution is 2.34. The van der Waals surface area contributed by atoms with Crippen molar-refractivity contribution in [2.75, 3.05) is 10.7 Å². The summed E-state index contributed by atoms with van der Waals surface area (Å²) in [6.07, 6.45) is 0.737. The first kappa shape index (κ1) is 17.0. The Morgan fingerprint density at radius 2 is 1.81 bits per heavy atom. The molecular weight excluding hydrogens is 418 g/mol. The second kappa shape index (κ2) is 7.26. The lowest BCUT2D eigenvalue weighted by atomic mass is 9.78. The maximum atomic E-state index is 13.7. The Bertz CT molecular complexity index is 624. The Morgan fingerprint density at radius 1 is 1.10 bits per heavy atom. The van der Waals surface area contributed by atoms with Gasteiger partial charge in [-0.05, 0) is 36.6 Å². The molecule has 0 nitrogen and oxygen atoms in total. The summed E-state index contributed by atoms with van der Waals surface area (Å²) in [5.74, 6) is -0.364. The fraction of sp³-hybridized carbons (Fsp3) is 0.294. The molecule has 0 heterocycles. The molecule has 0 atom stereocenters. The van der Waals surface area contributed by atoms with Gasteiger partial charge in [0.2, 0.25) is 0 Å². The molecule has 0 spiro atoms. The van der Waals surface area contributed by atoms with Crippen molar-refractivity contribution >= 4 is 43.5 Å². The molecule has 4 heteroatoms. The highest BCUT2D eigenvalue weighted by Gasteiger charge is 2.30. The molecule has 2 aromatic carbocycles. The summed E-state index contributed by atoms with van der Waals surface area (Å²) in [7, 11) is 0. The summed E-state index contributed by atoms with van der Waals surface area (Å²) in [5.41, 5.74) is 3.29. The number of hydrogen-bond donors (Lipinski definition) is 0. The van der Waals surface area contributed by atoms with Crippen LogP contribution >= 0.6 is 43.5 Å². The molecule has 2 aromatic rings. The highest BCUT2D eigenvalue weighted by molar-refractivity contribution is 9.09. The Morgan fingerprint density at radius 3 is 2.38 bits per heavy atom. The smallest absolute Gasteiger partial charge is 0.142 e. The minimum absolute atomic E-state index is 0.119. The first-order valence-corrected chi connectivity index (χ1v) is 9.26. The van der Waals surface area contributed by atoms with E-state index >= 15 is 0 Å². The third-order valence-electron chi connectivity index (χ3n) is 3.67. The van der Waals surface area contributed by atoms with E-state index in [-0.39, 0.29) is 16.3 Å². The molecule has 0 N–H and O–H groups in total. The molecule has 0 aliphatic carbocycles. The fourth-order valence-corrected chi connectivity index (χ4v) is 4.49. The average molecular weight is 435 g/mol. The van der Waals surface area contributed by atoms with E-state index in [0.717, 1.165) is 22.6 Å². The molecule has 0 aromatic heterocycles. The molecule has 0 unspecified atom stereocenters. The molecule has 0 amide bonds. The van der Waals surface area contributed by atoms with Crippen molar-refractivity contribution in [2.45, 2.75) is 18.8 Å². The van der Waals surface area contributed by atoms with Gasteiger partial charge in [0.15, 0.2) is 0 Å². The molecule has 0 aliphatic rings. The minimum Gasteiger partial charge on any atom is -0.205 e. The Kier molecular flexibility index (Phi) is 5.87. The van der Waals surface area contributed by atoms with Crippen LogP contribution in [0.4, 0.5) is 4.39 Å². The van der Waals surface area contributed by atoms with Gasteiger partial charge in [-0.3, -0.25) is 0 Å². The van der Waals surface area contributed by atoms with Crippen molar-refractivity contribution in [1.82, 2.24) is 0 Å². The third-order valence-corrected chi connectivity index (χ3v) is 6.12. The normalized spacial score (nSPS) is 11.7. The van der Waals surface area contributed by atoms with Crippen LogP contribution in [-0.4, -0.2) is 10.7 Å². The van der Waals surface area contributed by atoms with Gasteiger partial charge in [-0.1, -0.05) is 79.4 Å². The number of aryl methyl sites for hydroxylation is 1. The van der Waals surface area contributed by atoms with Gasteiger partial charge < -0.3 is 0 Å². The predicted molar refractivity (Wildman–Crippen MR) is 95.6 cm³/mol. The average Bonchev–Trinajstić information content (AvgIpc) is 2.48. The van der Waals surface area contributed by atoms with Gasteiger partial charge >= 0.3 is 0 Å². The van der Waals surface area contributed by atoms with E-state index in [4.69, 9.17) is 11.6 Å². The maximum Gasteiger partial charge on any atom is 0.142 e. The van der Waals surface area contributed by atoms with Crippen LogP contribution < -0.4 is 0 Å². The molecule has 0 radical (unpaired) electrons. The SMILES string of the molecule is Cc1cccc(C(CBr)(CBr)Cc2ccc(Cl)c(F)c2)c1. The zero-order chi connectivity index (χ0) is 15.5. The first-order chi connectivity index (χ1) is 10.0. The van der Waals surface area contributed by atoms with Crippen LogP contribution in [0.3, 0.4) is 0 Å². The molecule has 0 saturated heterocycles. The number of rotatable bonds is 5. The van der Waals surface area contributed by atoms with Crippen molar-refractivity contribution in [3.63, 3.8) is 0 Å². The molecule has 21 heavy (non-hydrogen) atoms. The van der Waals surface area contributed by atoms with Gasteiger partial charge in [0.1, 0.15) is 5.82 Å². The number of hydrogen-bond acceptors (Lipinski definition) is 0. The summed E-state index contributed by atoms with van der Waals surface area (Å²) in [4.78, 5) is 0. The topological polar surface area (TPSA) is 0 Å². The molecule has 2 rings (SSSR count). The van der Waals surface area contributed by atoms with Crippen LogP contribution in [0.1, 0.15) is 16.7 Å². The monoisotopic (exact) mass is 432 g/mol. The van der Waals surface area contributed by atoms with E-state index in [1.807, 2.05) is 6.07 Å². The second-order valence-electron chi connectivity index (χ2n) is 5.34. The largest absolute Gasteiger partial charge is 0.205 e. The van der Waals surface area contributed by atoms with Gasteiger partial charge in [-0.2, -0.15) is 0 Å². The zero-order valence-electron chi connectivity index (χ0n) is 11.7. The number of halogens is 4. The molecule has 0 saturated carbocycles. The van der Waals surface area contributed by atoms with Crippen LogP contribution in [0.25, 0.3) is 0 Å². The Balaban J connectivity index is 2.40. The summed E-state index contributed by atoms with van der Waals surface area (Å²) in [6.45, 7) is 2.08. The quantitative estimate of drug-likeness (QED) is 0.502. The van der Waals surface area contributed by atoms with Crippen molar-refractivity contribution < 1.29 is 4.39 Å². The summed E-state index contributed by atoms with van der Waals surface area (Å²) in [6, 6.07) is 13.5. The maximum absolute atomic E-state index is 13.7. The van der Waals surface area contributed by atoms with E-state index in [1.165, 1.54) is 17.2 Å². The van der Waals surface area contributed by atoms with Crippen molar-refractivity contribution in [3.05, 3.63) is 70.0 Å². The number of benzene rings is 2. The standard InChI is InChI=1S/C17H16Br2ClF/c1-12-3-2-4-14(7-12)17(10-18,11-19)9-13-5-6-15(20)16(21)8-13/h2-8H,9-11H2,1H3. The lowest BCUT2D eigenvalue weighted by molar-refractivity contribution is 0.546. The lowest BCUT2D eigenvalue weighted by Gasteiger charge is -2.31. The Labute approximate surface area is 147 Å². The Hall–Kier alpha value is -0.380. The zero-order valence-corrected chi connectivity index (χ0v) is 15.6. The highest BCUT2D eigenvalue weighted by atomic mass is 79.9. The second-order valence-corrected chi connectivity index (χ2v) is 6.87. The lowest BCUT2D eigenvalue weighted by Crippen LogP contribution is -2.33. The number of alkyl halides is 2. The molecule has 0 aliphatic heterocycles. The van der Waals surface area contributed by atoms with Gasteiger partial charge in [0, 0.05) is 16.1 Å². The minimum atomic E-state index is -0.364. The molecular formula is C17H16Br2ClF. The van der Waals surface area contributed by atoms with Gasteiger partial charge in [-0.15, -0.1) is 0 Å². The van der Waals surface area contributed by atoms with E-state index in [2.05, 4.69) is 63.0 Å². The van der Waals surface area contributed by atoms with Gasteiger partial charge in [0.05, 0.1) is 5.02 Å². The van der Waals surface area contributed by atoms with Gasteiger partial charge in [0.25, 0.3) is 0 Å². The van der Waals surface area contributed by atoms with Crippen LogP contribution in [0, 0.1) is 12.7 Å². The summed E-state index contributed by atoms with van der Waals surface area (Å²) in [5, 5.41) is 1.75. The van der Waals surface area contributed by atoms with Crippen LogP contribution in [0.2, 0.25) is 5.02 Å². The van der Waals surface area contributed by atoms with Gasteiger partial charge in [-0.25, -0.2) is 4.39 Å². The predicted octanol–water partition coefficient (Wildman–Crippen LogP) is 6.06. The molecule has 112 valence electrons. The van der Waals surface area contributed by atoms with Crippen LogP contribution in [0.5, 0.6) is 0 Å². The van der Waals surface area contributed by atoms with Crippen LogP contribution in [0.15, 0.2) is 42.5 Å². The molecule has 0 bridgehead atoms. The fourth-order valence-electron chi connectivity index (χ4n) is 2.40. The summed E-state index contributed by atoms with van der Waals surface area (Å²) >= 11 is 13.0. The van der Waals surface area contributed by atoms with Crippen molar-refractivity contribution in [1.29, 1.82) is 0 Å². The van der Waals surface area contributed by atoms with Crippen LogP contribution in [-0.2, 0) is 11.8 Å². The molecule has 0 fully saturated rings. The van der Waals surface area contributed by atoms with E-state index in [9.17, 15) is 4.39 Å².